The minimum absolute atomic E-state index is 0.124. The number of piperazine rings is 1. The Morgan fingerprint density at radius 3 is 2.19 bits per heavy atom. The number of benzene rings is 1. The van der Waals surface area contributed by atoms with Gasteiger partial charge in [0.25, 0.3) is 0 Å². The first-order chi connectivity index (χ1) is 7.66. The van der Waals surface area contributed by atoms with Crippen molar-refractivity contribution < 1.29 is 9.18 Å². The Morgan fingerprint density at radius 1 is 1.12 bits per heavy atom. The molecule has 1 aliphatic heterocycles. The average molecular weight is 222 g/mol. The number of hydrogen-bond acceptors (Lipinski definition) is 2. The van der Waals surface area contributed by atoms with E-state index < -0.39 is 0 Å². The molecule has 0 saturated carbocycles. The Bertz CT molecular complexity index is 369. The normalized spacial score (nSPS) is 16.4. The maximum absolute atomic E-state index is 12.8. The first kappa shape index (κ1) is 10.9. The monoisotopic (exact) mass is 222 g/mol. The van der Waals surface area contributed by atoms with E-state index in [1.165, 1.54) is 12.1 Å². The number of halogens is 1. The fraction of sp³-hybridized carbons (Fsp3) is 0.417. The second-order valence-corrected chi connectivity index (χ2v) is 3.97. The van der Waals surface area contributed by atoms with Crippen LogP contribution in [0.25, 0.3) is 0 Å². The van der Waals surface area contributed by atoms with Gasteiger partial charge in [-0.2, -0.15) is 0 Å². The minimum Gasteiger partial charge on any atom is -0.368 e. The first-order valence-corrected chi connectivity index (χ1v) is 5.43. The van der Waals surface area contributed by atoms with Crippen molar-refractivity contribution in [3.63, 3.8) is 0 Å². The molecule has 2 rings (SSSR count). The Labute approximate surface area is 94.5 Å². The molecule has 0 atom stereocenters. The molecular formula is C12H15FN2O. The van der Waals surface area contributed by atoms with E-state index in [4.69, 9.17) is 0 Å². The summed E-state index contributed by atoms with van der Waals surface area (Å²) in [5.41, 5.74) is 1.02. The van der Waals surface area contributed by atoms with Crippen LogP contribution in [0.2, 0.25) is 0 Å². The summed E-state index contributed by atoms with van der Waals surface area (Å²) in [7, 11) is 0. The van der Waals surface area contributed by atoms with Crippen LogP contribution in [0.15, 0.2) is 24.3 Å². The van der Waals surface area contributed by atoms with Gasteiger partial charge in [-0.3, -0.25) is 4.79 Å². The summed E-state index contributed by atoms with van der Waals surface area (Å²) in [5.74, 6) is -0.0927. The molecule has 1 aliphatic rings. The zero-order chi connectivity index (χ0) is 11.5. The van der Waals surface area contributed by atoms with Crippen LogP contribution in [0.4, 0.5) is 10.1 Å². The molecular weight excluding hydrogens is 207 g/mol. The largest absolute Gasteiger partial charge is 0.368 e. The van der Waals surface area contributed by atoms with Crippen molar-refractivity contribution in [3.8, 4) is 0 Å². The molecule has 0 aromatic heterocycles. The van der Waals surface area contributed by atoms with E-state index >= 15 is 0 Å². The molecule has 0 spiro atoms. The fourth-order valence-electron chi connectivity index (χ4n) is 1.93. The third kappa shape index (κ3) is 2.32. The molecule has 1 amide bonds. The van der Waals surface area contributed by atoms with Crippen molar-refractivity contribution in [2.45, 2.75) is 6.92 Å². The number of carbonyl (C=O) groups excluding carboxylic acids is 1. The number of rotatable bonds is 1. The molecule has 4 heteroatoms. The molecule has 3 nitrogen and oxygen atoms in total. The molecule has 1 aromatic carbocycles. The fourth-order valence-corrected chi connectivity index (χ4v) is 1.93. The van der Waals surface area contributed by atoms with E-state index in [-0.39, 0.29) is 11.7 Å². The van der Waals surface area contributed by atoms with Crippen LogP contribution in [0.5, 0.6) is 0 Å². The van der Waals surface area contributed by atoms with E-state index in [9.17, 15) is 9.18 Å². The van der Waals surface area contributed by atoms with Crippen LogP contribution in [-0.2, 0) is 4.79 Å². The Kier molecular flexibility index (Phi) is 3.08. The third-order valence-corrected chi connectivity index (χ3v) is 2.92. The SMILES string of the molecule is CC(=O)N1CCN(c2ccc(F)cc2)CC1. The second kappa shape index (κ2) is 4.51. The van der Waals surface area contributed by atoms with E-state index in [1.54, 1.807) is 19.1 Å². The molecule has 0 aliphatic carbocycles. The Hall–Kier alpha value is -1.58. The quantitative estimate of drug-likeness (QED) is 0.718. The predicted octanol–water partition coefficient (Wildman–Crippen LogP) is 1.49. The van der Waals surface area contributed by atoms with Crippen molar-refractivity contribution in [2.75, 3.05) is 31.1 Å². The van der Waals surface area contributed by atoms with Crippen LogP contribution in [0.3, 0.4) is 0 Å². The van der Waals surface area contributed by atoms with Crippen molar-refractivity contribution >= 4 is 11.6 Å². The van der Waals surface area contributed by atoms with Gasteiger partial charge in [0.1, 0.15) is 5.82 Å². The lowest BCUT2D eigenvalue weighted by Crippen LogP contribution is -2.48. The lowest BCUT2D eigenvalue weighted by atomic mass is 10.2. The Morgan fingerprint density at radius 2 is 1.69 bits per heavy atom. The number of nitrogens with zero attached hydrogens (tertiary/aromatic N) is 2. The summed E-state index contributed by atoms with van der Waals surface area (Å²) in [6.45, 7) is 4.70. The van der Waals surface area contributed by atoms with Crippen LogP contribution in [-0.4, -0.2) is 37.0 Å². The van der Waals surface area contributed by atoms with E-state index in [0.717, 1.165) is 31.9 Å². The summed E-state index contributed by atoms with van der Waals surface area (Å²) >= 11 is 0. The van der Waals surface area contributed by atoms with E-state index in [2.05, 4.69) is 4.90 Å². The summed E-state index contributed by atoms with van der Waals surface area (Å²) < 4.78 is 12.8. The van der Waals surface area contributed by atoms with Gasteiger partial charge in [-0.05, 0) is 24.3 Å². The zero-order valence-electron chi connectivity index (χ0n) is 9.32. The van der Waals surface area contributed by atoms with Crippen molar-refractivity contribution in [1.82, 2.24) is 4.90 Å². The van der Waals surface area contributed by atoms with Gasteiger partial charge in [0.2, 0.25) is 5.91 Å². The van der Waals surface area contributed by atoms with Gasteiger partial charge in [0.05, 0.1) is 0 Å². The smallest absolute Gasteiger partial charge is 0.219 e. The summed E-state index contributed by atoms with van der Waals surface area (Å²) in [6, 6.07) is 6.48. The number of amides is 1. The average Bonchev–Trinajstić information content (AvgIpc) is 2.30. The van der Waals surface area contributed by atoms with Crippen molar-refractivity contribution in [1.29, 1.82) is 0 Å². The topological polar surface area (TPSA) is 23.6 Å². The summed E-state index contributed by atoms with van der Waals surface area (Å²) in [5, 5.41) is 0. The third-order valence-electron chi connectivity index (χ3n) is 2.92. The lowest BCUT2D eigenvalue weighted by Gasteiger charge is -2.35. The van der Waals surface area contributed by atoms with Gasteiger partial charge < -0.3 is 9.80 Å². The van der Waals surface area contributed by atoms with Gasteiger partial charge in [-0.15, -0.1) is 0 Å². The van der Waals surface area contributed by atoms with Gasteiger partial charge in [0, 0.05) is 38.8 Å². The molecule has 0 unspecified atom stereocenters. The molecule has 0 N–H and O–H groups in total. The molecule has 0 radical (unpaired) electrons. The summed E-state index contributed by atoms with van der Waals surface area (Å²) in [4.78, 5) is 15.1. The van der Waals surface area contributed by atoms with Gasteiger partial charge >= 0.3 is 0 Å². The minimum atomic E-state index is -0.217. The van der Waals surface area contributed by atoms with Crippen molar-refractivity contribution in [2.24, 2.45) is 0 Å². The molecule has 16 heavy (non-hydrogen) atoms. The molecule has 86 valence electrons. The first-order valence-electron chi connectivity index (χ1n) is 5.43. The van der Waals surface area contributed by atoms with Crippen LogP contribution < -0.4 is 4.90 Å². The molecule has 1 fully saturated rings. The predicted molar refractivity (Wildman–Crippen MR) is 60.9 cm³/mol. The van der Waals surface area contributed by atoms with E-state index in [1.807, 2.05) is 4.90 Å². The van der Waals surface area contributed by atoms with Gasteiger partial charge in [-0.1, -0.05) is 0 Å². The van der Waals surface area contributed by atoms with Crippen molar-refractivity contribution in [3.05, 3.63) is 30.1 Å². The standard InChI is InChI=1S/C12H15FN2O/c1-10(16)14-6-8-15(9-7-14)12-4-2-11(13)3-5-12/h2-5H,6-9H2,1H3. The molecule has 1 saturated heterocycles. The Balaban J connectivity index is 1.99. The van der Waals surface area contributed by atoms with E-state index in [0.29, 0.717) is 0 Å². The van der Waals surface area contributed by atoms with Crippen LogP contribution in [0, 0.1) is 5.82 Å². The zero-order valence-corrected chi connectivity index (χ0v) is 9.32. The molecule has 0 bridgehead atoms. The number of hydrogen-bond donors (Lipinski definition) is 0. The number of carbonyl (C=O) groups is 1. The van der Waals surface area contributed by atoms with Crippen LogP contribution >= 0.6 is 0 Å². The summed E-state index contributed by atoms with van der Waals surface area (Å²) in [6.07, 6.45) is 0. The highest BCUT2D eigenvalue weighted by Gasteiger charge is 2.18. The maximum atomic E-state index is 12.8. The highest BCUT2D eigenvalue weighted by atomic mass is 19.1. The van der Waals surface area contributed by atoms with Gasteiger partial charge in [-0.25, -0.2) is 4.39 Å². The highest BCUT2D eigenvalue weighted by Crippen LogP contribution is 2.16. The maximum Gasteiger partial charge on any atom is 0.219 e. The highest BCUT2D eigenvalue weighted by molar-refractivity contribution is 5.73. The van der Waals surface area contributed by atoms with Crippen LogP contribution in [0.1, 0.15) is 6.92 Å². The number of anilines is 1. The molecule has 1 heterocycles. The van der Waals surface area contributed by atoms with Gasteiger partial charge in [0.15, 0.2) is 0 Å². The second-order valence-electron chi connectivity index (χ2n) is 3.97. The lowest BCUT2D eigenvalue weighted by molar-refractivity contribution is -0.129. The molecule has 1 aromatic rings.